The Labute approximate surface area is 124 Å². The fourth-order valence-corrected chi connectivity index (χ4v) is 6.06. The molecule has 102 valence electrons. The van der Waals surface area contributed by atoms with Gasteiger partial charge in [-0.2, -0.15) is 0 Å². The van der Waals surface area contributed by atoms with E-state index in [1.165, 1.54) is 10.5 Å². The molecule has 0 bridgehead atoms. The van der Waals surface area contributed by atoms with Crippen LogP contribution in [0.2, 0.25) is 7.75 Å². The molecule has 0 atom stereocenters. The molecule has 4 heteroatoms. The first-order valence-corrected chi connectivity index (χ1v) is 9.67. The van der Waals surface area contributed by atoms with Crippen LogP contribution in [0.5, 0.6) is 0 Å². The fourth-order valence-electron chi connectivity index (χ4n) is 2.85. The van der Waals surface area contributed by atoms with Crippen LogP contribution in [0.15, 0.2) is 24.3 Å². The molecule has 3 nitrogen and oxygen atoms in total. The maximum atomic E-state index is 2.37. The van der Waals surface area contributed by atoms with Crippen molar-refractivity contribution < 1.29 is 23.2 Å². The Morgan fingerprint density at radius 2 is 1.33 bits per heavy atom. The first-order valence-electron chi connectivity index (χ1n) is 6.52. The predicted molar refractivity (Wildman–Crippen MR) is 75.2 cm³/mol. The Balaban J connectivity index is 2.60. The zero-order chi connectivity index (χ0) is 13.8. The van der Waals surface area contributed by atoms with Gasteiger partial charge in [0.1, 0.15) is 0 Å². The Morgan fingerprint density at radius 3 is 1.72 bits per heavy atom. The van der Waals surface area contributed by atoms with Gasteiger partial charge in [-0.15, -0.1) is 0 Å². The molecular weight excluding hydrogens is 301 g/mol. The van der Waals surface area contributed by atoms with Crippen molar-refractivity contribution in [3.8, 4) is 0 Å². The Bertz CT molecular complexity index is 274. The summed E-state index contributed by atoms with van der Waals surface area (Å²) in [6.07, 6.45) is 10.4. The monoisotopic (exact) mass is 327 g/mol. The van der Waals surface area contributed by atoms with Crippen molar-refractivity contribution in [1.29, 1.82) is 0 Å². The second kappa shape index (κ2) is 7.14. The summed E-state index contributed by atoms with van der Waals surface area (Å²) in [6, 6.07) is 0. The van der Waals surface area contributed by atoms with Gasteiger partial charge in [-0.3, -0.25) is 0 Å². The van der Waals surface area contributed by atoms with Crippen molar-refractivity contribution >= 4 is 0 Å². The normalized spacial score (nSPS) is 16.5. The third-order valence-electron chi connectivity index (χ3n) is 3.74. The van der Waals surface area contributed by atoms with Crippen LogP contribution in [0.3, 0.4) is 0 Å². The average molecular weight is 329 g/mol. The van der Waals surface area contributed by atoms with Crippen LogP contribution in [-0.4, -0.2) is 62.8 Å². The Morgan fingerprint density at radius 1 is 0.889 bits per heavy atom. The molecule has 0 saturated carbocycles. The molecule has 0 aliphatic heterocycles. The van der Waals surface area contributed by atoms with Gasteiger partial charge in [-0.05, 0) is 0 Å². The van der Waals surface area contributed by atoms with Crippen LogP contribution in [0.25, 0.3) is 0 Å². The summed E-state index contributed by atoms with van der Waals surface area (Å²) in [5.41, 5.74) is 0. The molecule has 18 heavy (non-hydrogen) atoms. The van der Waals surface area contributed by atoms with Crippen molar-refractivity contribution in [2.45, 2.75) is 20.0 Å². The van der Waals surface area contributed by atoms with Crippen LogP contribution in [0.4, 0.5) is 0 Å². The van der Waals surface area contributed by atoms with E-state index in [2.05, 4.69) is 81.3 Å². The molecule has 0 aromatic carbocycles. The van der Waals surface area contributed by atoms with E-state index in [0.29, 0.717) is 0 Å². The zero-order valence-electron chi connectivity index (χ0n) is 12.6. The number of hydrogen-bond donors (Lipinski definition) is 0. The maximum absolute atomic E-state index is 2.37. The molecule has 0 radical (unpaired) electrons. The van der Waals surface area contributed by atoms with Crippen molar-refractivity contribution in [3.63, 3.8) is 0 Å². The summed E-state index contributed by atoms with van der Waals surface area (Å²) in [5.74, 6) is 0.0485. The fraction of sp³-hybridized carbons (Fsp3) is 0.714. The van der Waals surface area contributed by atoms with Crippen LogP contribution in [0, 0.1) is 0 Å². The first-order chi connectivity index (χ1) is 8.41. The molecule has 0 aromatic heterocycles. The van der Waals surface area contributed by atoms with E-state index < -0.39 is 0 Å². The second-order valence-electron chi connectivity index (χ2n) is 5.46. The molecule has 0 aromatic rings. The molecule has 1 rings (SSSR count). The molecule has 0 fully saturated rings. The van der Waals surface area contributed by atoms with E-state index in [-0.39, 0.29) is 29.0 Å². The third kappa shape index (κ3) is 3.63. The van der Waals surface area contributed by atoms with Gasteiger partial charge in [0.25, 0.3) is 0 Å². The third-order valence-corrected chi connectivity index (χ3v) is 7.17. The van der Waals surface area contributed by atoms with Crippen molar-refractivity contribution in [1.82, 2.24) is 14.7 Å². The molecule has 0 amide bonds. The van der Waals surface area contributed by atoms with Crippen LogP contribution >= 0.6 is 0 Å². The molecule has 0 unspecified atom stereocenters. The van der Waals surface area contributed by atoms with E-state index in [1.54, 1.807) is 0 Å². The van der Waals surface area contributed by atoms with E-state index in [9.17, 15) is 0 Å². The first kappa shape index (κ1) is 16.3. The molecule has 1 aliphatic carbocycles. The number of allylic oxidation sites excluding steroid dienone is 4. The summed E-state index contributed by atoms with van der Waals surface area (Å²) < 4.78 is 2.22. The van der Waals surface area contributed by atoms with Gasteiger partial charge in [-0.1, -0.05) is 0 Å². The Hall–Kier alpha value is 0.243. The van der Waals surface area contributed by atoms with Gasteiger partial charge in [0.2, 0.25) is 0 Å². The molecule has 1 aliphatic rings. The van der Waals surface area contributed by atoms with Crippen molar-refractivity contribution in [2.75, 3.05) is 42.3 Å². The van der Waals surface area contributed by atoms with Crippen LogP contribution < -0.4 is 0 Å². The molecule has 0 saturated heterocycles. The van der Waals surface area contributed by atoms with E-state index in [1.807, 2.05) is 0 Å². The summed E-state index contributed by atoms with van der Waals surface area (Å²) in [6.45, 7) is 0. The number of nitrogens with zero attached hydrogens (tertiary/aromatic N) is 3. The average Bonchev–Trinajstić information content (AvgIpc) is 2.75. The van der Waals surface area contributed by atoms with Crippen LogP contribution in [0.1, 0.15) is 6.42 Å². The van der Waals surface area contributed by atoms with E-state index in [0.717, 1.165) is 3.63 Å². The predicted octanol–water partition coefficient (Wildman–Crippen LogP) is 2.13. The van der Waals surface area contributed by atoms with Gasteiger partial charge in [-0.25, -0.2) is 0 Å². The van der Waals surface area contributed by atoms with E-state index >= 15 is 0 Å². The molecule has 0 N–H and O–H groups in total. The van der Waals surface area contributed by atoms with Gasteiger partial charge < -0.3 is 0 Å². The summed E-state index contributed by atoms with van der Waals surface area (Å²) in [4.78, 5) is 7.02. The van der Waals surface area contributed by atoms with Gasteiger partial charge in [0, 0.05) is 0 Å². The number of rotatable bonds is 7. The zero-order valence-corrected chi connectivity index (χ0v) is 15.1. The quantitative estimate of drug-likeness (QED) is 0.663. The van der Waals surface area contributed by atoms with Gasteiger partial charge in [0.05, 0.1) is 0 Å². The summed E-state index contributed by atoms with van der Waals surface area (Å²) >= 11 is -0.329. The topological polar surface area (TPSA) is 9.72 Å². The van der Waals surface area contributed by atoms with Crippen molar-refractivity contribution in [3.05, 3.63) is 24.3 Å². The molecule has 0 heterocycles. The van der Waals surface area contributed by atoms with Gasteiger partial charge in [0.15, 0.2) is 0 Å². The molecule has 0 spiro atoms. The minimum atomic E-state index is -0.329. The summed E-state index contributed by atoms with van der Waals surface area (Å²) in [7, 11) is 13.1. The van der Waals surface area contributed by atoms with E-state index in [4.69, 9.17) is 0 Å². The van der Waals surface area contributed by atoms with Crippen molar-refractivity contribution in [2.24, 2.45) is 0 Å². The summed E-state index contributed by atoms with van der Waals surface area (Å²) in [5, 5.41) is 0. The molecular formula is C14H27N3Zr. The SMILES string of the molecule is CN(C)C(C[CH2][Zr][CH]1C=CC=C1)(N(C)C)N(C)C. The van der Waals surface area contributed by atoms with Gasteiger partial charge >= 0.3 is 124 Å². The van der Waals surface area contributed by atoms with Crippen LogP contribution in [-0.2, 0) is 23.2 Å². The standard InChI is InChI=1S/C9H22N3.C5H5.Zr/c1-8-9(10(2)3,11(4)5)12(6)7;1-2-4-5-3-1;/h1,8H2,2-7H3;1-5H;. The Kier molecular flexibility index (Phi) is 6.46. The second-order valence-corrected chi connectivity index (χ2v) is 9.33. The number of hydrogen-bond acceptors (Lipinski definition) is 3. The minimum absolute atomic E-state index is 0.0485.